The van der Waals surface area contributed by atoms with Crippen molar-refractivity contribution in [2.75, 3.05) is 0 Å². The molecule has 19 heavy (non-hydrogen) atoms. The number of nitriles is 1. The number of hydrogen-bond acceptors (Lipinski definition) is 5. The molecule has 0 aliphatic carbocycles. The molecule has 5 nitrogen and oxygen atoms in total. The molecular weight excluding hydrogens is 240 g/mol. The quantitative estimate of drug-likeness (QED) is 0.908. The van der Waals surface area contributed by atoms with Gasteiger partial charge in [-0.25, -0.2) is 0 Å². The van der Waals surface area contributed by atoms with Crippen LogP contribution in [-0.2, 0) is 5.54 Å². The predicted octanol–water partition coefficient (Wildman–Crippen LogP) is 2.58. The predicted molar refractivity (Wildman–Crippen MR) is 70.9 cm³/mol. The molecule has 5 heteroatoms. The van der Waals surface area contributed by atoms with Gasteiger partial charge in [-0.3, -0.25) is 0 Å². The van der Waals surface area contributed by atoms with Crippen LogP contribution in [0.1, 0.15) is 38.1 Å². The van der Waals surface area contributed by atoms with Gasteiger partial charge in [0.25, 0.3) is 5.89 Å². The molecule has 0 aliphatic rings. The van der Waals surface area contributed by atoms with E-state index in [4.69, 9.17) is 15.5 Å². The molecule has 1 heterocycles. The fourth-order valence-electron chi connectivity index (χ4n) is 1.83. The van der Waals surface area contributed by atoms with Gasteiger partial charge in [-0.15, -0.1) is 0 Å². The molecule has 2 rings (SSSR count). The van der Waals surface area contributed by atoms with E-state index in [-0.39, 0.29) is 0 Å². The Kier molecular flexibility index (Phi) is 3.63. The lowest BCUT2D eigenvalue weighted by molar-refractivity contribution is 0.350. The van der Waals surface area contributed by atoms with Crippen LogP contribution in [-0.4, -0.2) is 10.1 Å². The van der Waals surface area contributed by atoms with Gasteiger partial charge in [-0.05, 0) is 31.0 Å². The molecule has 2 N–H and O–H groups in total. The third-order valence-electron chi connectivity index (χ3n) is 3.37. The van der Waals surface area contributed by atoms with E-state index < -0.39 is 5.54 Å². The van der Waals surface area contributed by atoms with Crippen LogP contribution in [0, 0.1) is 11.3 Å². The third kappa shape index (κ3) is 2.49. The average Bonchev–Trinajstić information content (AvgIpc) is 2.97. The number of nitrogens with two attached hydrogens (primary N) is 1. The lowest BCUT2D eigenvalue weighted by Gasteiger charge is -2.21. The van der Waals surface area contributed by atoms with Crippen LogP contribution < -0.4 is 5.73 Å². The second-order valence-electron chi connectivity index (χ2n) is 4.48. The maximum atomic E-state index is 8.88. The second-order valence-corrected chi connectivity index (χ2v) is 4.48. The van der Waals surface area contributed by atoms with E-state index in [1.807, 2.05) is 19.9 Å². The van der Waals surface area contributed by atoms with Crippen molar-refractivity contribution in [3.05, 3.63) is 35.7 Å². The highest BCUT2D eigenvalue weighted by molar-refractivity contribution is 5.56. The first-order valence-corrected chi connectivity index (χ1v) is 6.26. The van der Waals surface area contributed by atoms with Gasteiger partial charge in [0.1, 0.15) is 0 Å². The van der Waals surface area contributed by atoms with Gasteiger partial charge >= 0.3 is 0 Å². The van der Waals surface area contributed by atoms with E-state index >= 15 is 0 Å². The van der Waals surface area contributed by atoms with E-state index in [1.165, 1.54) is 0 Å². The normalized spacial score (nSPS) is 11.3. The van der Waals surface area contributed by atoms with Crippen molar-refractivity contribution in [1.82, 2.24) is 10.1 Å². The molecule has 0 saturated carbocycles. The minimum Gasteiger partial charge on any atom is -0.334 e. The molecule has 0 amide bonds. The van der Waals surface area contributed by atoms with E-state index in [1.54, 1.807) is 18.2 Å². The Labute approximate surface area is 112 Å². The first kappa shape index (κ1) is 13.2. The molecule has 0 aliphatic heterocycles. The minimum absolute atomic E-state index is 0.392. The van der Waals surface area contributed by atoms with E-state index in [2.05, 4.69) is 16.2 Å². The largest absolute Gasteiger partial charge is 0.334 e. The van der Waals surface area contributed by atoms with E-state index in [9.17, 15) is 0 Å². The Balaban J connectivity index is 2.38. The lowest BCUT2D eigenvalue weighted by atomic mass is 9.93. The molecule has 0 spiro atoms. The summed E-state index contributed by atoms with van der Waals surface area (Å²) in [5, 5.41) is 12.9. The third-order valence-corrected chi connectivity index (χ3v) is 3.37. The van der Waals surface area contributed by atoms with Gasteiger partial charge in [0.05, 0.1) is 17.2 Å². The fraction of sp³-hybridized carbons (Fsp3) is 0.357. The standard InChI is InChI=1S/C14H16N4O/c1-3-14(16,4-2)13-17-12(19-18-13)11-7-5-6-10(8-11)9-15/h5-8H,3-4,16H2,1-2H3. The van der Waals surface area contributed by atoms with Gasteiger partial charge in [0, 0.05) is 5.56 Å². The SMILES string of the molecule is CCC(N)(CC)c1noc(-c2cccc(C#N)c2)n1. The highest BCUT2D eigenvalue weighted by Gasteiger charge is 2.29. The van der Waals surface area contributed by atoms with Crippen LogP contribution in [0.2, 0.25) is 0 Å². The maximum Gasteiger partial charge on any atom is 0.258 e. The van der Waals surface area contributed by atoms with E-state index in [0.717, 1.165) is 18.4 Å². The Morgan fingerprint density at radius 1 is 1.37 bits per heavy atom. The second kappa shape index (κ2) is 5.21. The van der Waals surface area contributed by atoms with Crippen LogP contribution in [0.15, 0.2) is 28.8 Å². The highest BCUT2D eigenvalue weighted by Crippen LogP contribution is 2.26. The molecule has 1 aromatic carbocycles. The van der Waals surface area contributed by atoms with Crippen LogP contribution in [0.25, 0.3) is 11.5 Å². The first-order chi connectivity index (χ1) is 9.12. The Morgan fingerprint density at radius 3 is 2.74 bits per heavy atom. The molecule has 0 saturated heterocycles. The maximum absolute atomic E-state index is 8.88. The summed E-state index contributed by atoms with van der Waals surface area (Å²) in [5.41, 5.74) is 6.95. The Morgan fingerprint density at radius 2 is 2.11 bits per heavy atom. The summed E-state index contributed by atoms with van der Waals surface area (Å²) in [6.07, 6.45) is 1.47. The molecule has 98 valence electrons. The fourth-order valence-corrected chi connectivity index (χ4v) is 1.83. The van der Waals surface area contributed by atoms with Crippen molar-refractivity contribution in [2.45, 2.75) is 32.2 Å². The molecular formula is C14H16N4O. The molecule has 2 aromatic rings. The molecule has 0 atom stereocenters. The van der Waals surface area contributed by atoms with Crippen LogP contribution in [0.4, 0.5) is 0 Å². The van der Waals surface area contributed by atoms with E-state index in [0.29, 0.717) is 17.3 Å². The zero-order valence-electron chi connectivity index (χ0n) is 11.1. The first-order valence-electron chi connectivity index (χ1n) is 6.26. The number of nitrogens with zero attached hydrogens (tertiary/aromatic N) is 3. The summed E-state index contributed by atoms with van der Waals surface area (Å²) >= 11 is 0. The smallest absolute Gasteiger partial charge is 0.258 e. The average molecular weight is 256 g/mol. The zero-order valence-corrected chi connectivity index (χ0v) is 11.1. The molecule has 0 radical (unpaired) electrons. The monoisotopic (exact) mass is 256 g/mol. The number of aromatic nitrogens is 2. The summed E-state index contributed by atoms with van der Waals surface area (Å²) in [7, 11) is 0. The number of hydrogen-bond donors (Lipinski definition) is 1. The highest BCUT2D eigenvalue weighted by atomic mass is 16.5. The number of benzene rings is 1. The summed E-state index contributed by atoms with van der Waals surface area (Å²) in [4.78, 5) is 4.36. The molecule has 0 unspecified atom stereocenters. The Bertz CT molecular complexity index is 608. The van der Waals surface area contributed by atoms with Crippen molar-refractivity contribution in [2.24, 2.45) is 5.73 Å². The van der Waals surface area contributed by atoms with Crippen molar-refractivity contribution >= 4 is 0 Å². The van der Waals surface area contributed by atoms with Crippen LogP contribution in [0.5, 0.6) is 0 Å². The van der Waals surface area contributed by atoms with Gasteiger partial charge in [0.15, 0.2) is 5.82 Å². The van der Waals surface area contributed by atoms with Gasteiger partial charge in [0.2, 0.25) is 0 Å². The molecule has 0 bridgehead atoms. The lowest BCUT2D eigenvalue weighted by Crippen LogP contribution is -2.36. The van der Waals surface area contributed by atoms with Crippen molar-refractivity contribution in [3.8, 4) is 17.5 Å². The molecule has 1 aromatic heterocycles. The van der Waals surface area contributed by atoms with Gasteiger partial charge in [-0.1, -0.05) is 25.1 Å². The van der Waals surface area contributed by atoms with Crippen molar-refractivity contribution in [1.29, 1.82) is 5.26 Å². The van der Waals surface area contributed by atoms with Gasteiger partial charge in [-0.2, -0.15) is 10.2 Å². The van der Waals surface area contributed by atoms with Gasteiger partial charge < -0.3 is 10.3 Å². The zero-order chi connectivity index (χ0) is 13.9. The minimum atomic E-state index is -0.561. The summed E-state index contributed by atoms with van der Waals surface area (Å²) in [5.74, 6) is 0.902. The summed E-state index contributed by atoms with van der Waals surface area (Å²) in [6.45, 7) is 3.99. The number of rotatable bonds is 4. The van der Waals surface area contributed by atoms with Crippen molar-refractivity contribution < 1.29 is 4.52 Å². The van der Waals surface area contributed by atoms with Crippen LogP contribution >= 0.6 is 0 Å². The summed E-state index contributed by atoms with van der Waals surface area (Å²) < 4.78 is 5.25. The summed E-state index contributed by atoms with van der Waals surface area (Å²) in [6, 6.07) is 9.14. The Hall–Kier alpha value is -2.19. The van der Waals surface area contributed by atoms with Crippen LogP contribution in [0.3, 0.4) is 0 Å². The molecule has 0 fully saturated rings. The topological polar surface area (TPSA) is 88.7 Å². The van der Waals surface area contributed by atoms with Crippen molar-refractivity contribution in [3.63, 3.8) is 0 Å².